The van der Waals surface area contributed by atoms with Crippen molar-refractivity contribution in [3.63, 3.8) is 0 Å². The smallest absolute Gasteiger partial charge is 0.160 e. The Labute approximate surface area is 151 Å². The van der Waals surface area contributed by atoms with Gasteiger partial charge in [0, 0.05) is 27.6 Å². The second-order valence-electron chi connectivity index (χ2n) is 6.39. The molecule has 26 heavy (non-hydrogen) atoms. The lowest BCUT2D eigenvalue weighted by molar-refractivity contribution is 0.669. The molecule has 0 aliphatic heterocycles. The fraction of sp³-hybridized carbons (Fsp3) is 0.0435. The van der Waals surface area contributed by atoms with Gasteiger partial charge < -0.3 is 4.42 Å². The number of fused-ring (bicyclic) bond motifs is 3. The van der Waals surface area contributed by atoms with Crippen LogP contribution in [0.25, 0.3) is 44.6 Å². The Bertz CT molecular complexity index is 1240. The molecule has 0 saturated heterocycles. The number of nitrogens with zero attached hydrogens (tertiary/aromatic N) is 2. The molecule has 0 aliphatic rings. The second-order valence-corrected chi connectivity index (χ2v) is 6.39. The zero-order valence-corrected chi connectivity index (χ0v) is 14.3. The van der Waals surface area contributed by atoms with Crippen molar-refractivity contribution in [1.82, 2.24) is 9.97 Å². The molecule has 3 heteroatoms. The fourth-order valence-corrected chi connectivity index (χ4v) is 3.32. The van der Waals surface area contributed by atoms with Gasteiger partial charge in [0.25, 0.3) is 0 Å². The number of para-hydroxylation sites is 1. The molecular formula is C23H16N2O. The van der Waals surface area contributed by atoms with Crippen molar-refractivity contribution in [1.29, 1.82) is 0 Å². The van der Waals surface area contributed by atoms with Gasteiger partial charge in [0.2, 0.25) is 0 Å². The lowest BCUT2D eigenvalue weighted by atomic mass is 10.1. The summed E-state index contributed by atoms with van der Waals surface area (Å²) in [5.74, 6) is 0.714. The predicted molar refractivity (Wildman–Crippen MR) is 105 cm³/mol. The van der Waals surface area contributed by atoms with Crippen molar-refractivity contribution in [2.24, 2.45) is 0 Å². The molecule has 124 valence electrons. The van der Waals surface area contributed by atoms with E-state index in [1.807, 2.05) is 55.5 Å². The van der Waals surface area contributed by atoms with Gasteiger partial charge in [0.1, 0.15) is 11.2 Å². The van der Waals surface area contributed by atoms with Gasteiger partial charge in [-0.2, -0.15) is 0 Å². The highest BCUT2D eigenvalue weighted by Gasteiger charge is 2.11. The van der Waals surface area contributed by atoms with Gasteiger partial charge in [0.05, 0.1) is 5.69 Å². The number of hydrogen-bond acceptors (Lipinski definition) is 3. The van der Waals surface area contributed by atoms with Crippen LogP contribution in [0.2, 0.25) is 0 Å². The third-order valence-corrected chi connectivity index (χ3v) is 4.56. The van der Waals surface area contributed by atoms with E-state index in [1.54, 1.807) is 0 Å². The molecule has 0 saturated carbocycles. The van der Waals surface area contributed by atoms with Crippen LogP contribution >= 0.6 is 0 Å². The van der Waals surface area contributed by atoms with Gasteiger partial charge in [-0.1, -0.05) is 54.6 Å². The second kappa shape index (κ2) is 5.81. The number of furan rings is 1. The Morgan fingerprint density at radius 3 is 2.31 bits per heavy atom. The van der Waals surface area contributed by atoms with Gasteiger partial charge in [-0.15, -0.1) is 0 Å². The molecule has 2 heterocycles. The van der Waals surface area contributed by atoms with Crippen molar-refractivity contribution in [2.75, 3.05) is 0 Å². The van der Waals surface area contributed by atoms with Gasteiger partial charge >= 0.3 is 0 Å². The van der Waals surface area contributed by atoms with Crippen LogP contribution in [0.1, 0.15) is 5.69 Å². The number of benzene rings is 3. The van der Waals surface area contributed by atoms with Crippen molar-refractivity contribution < 1.29 is 4.42 Å². The highest BCUT2D eigenvalue weighted by atomic mass is 16.3. The summed E-state index contributed by atoms with van der Waals surface area (Å²) >= 11 is 0. The SMILES string of the molecule is Cc1cc(-c2ccccc2)nc(-c2ccc3c(c2)oc2ccccc23)n1. The molecule has 0 radical (unpaired) electrons. The Morgan fingerprint density at radius 2 is 1.42 bits per heavy atom. The molecule has 0 amide bonds. The monoisotopic (exact) mass is 336 g/mol. The summed E-state index contributed by atoms with van der Waals surface area (Å²) in [4.78, 5) is 9.42. The van der Waals surface area contributed by atoms with Gasteiger partial charge in [-0.3, -0.25) is 0 Å². The molecule has 3 aromatic carbocycles. The first-order chi connectivity index (χ1) is 12.8. The third-order valence-electron chi connectivity index (χ3n) is 4.56. The first-order valence-electron chi connectivity index (χ1n) is 8.61. The van der Waals surface area contributed by atoms with E-state index >= 15 is 0 Å². The highest BCUT2D eigenvalue weighted by molar-refractivity contribution is 6.05. The van der Waals surface area contributed by atoms with Gasteiger partial charge in [-0.25, -0.2) is 9.97 Å². The molecule has 5 rings (SSSR count). The van der Waals surface area contributed by atoms with E-state index in [0.29, 0.717) is 5.82 Å². The molecule has 5 aromatic rings. The summed E-state index contributed by atoms with van der Waals surface area (Å²) < 4.78 is 6.00. The van der Waals surface area contributed by atoms with Crippen molar-refractivity contribution in [2.45, 2.75) is 6.92 Å². The maximum Gasteiger partial charge on any atom is 0.160 e. The third kappa shape index (κ3) is 2.45. The minimum atomic E-state index is 0.714. The molecule has 0 unspecified atom stereocenters. The Balaban J connectivity index is 1.67. The lowest BCUT2D eigenvalue weighted by Crippen LogP contribution is -1.94. The normalized spacial score (nSPS) is 11.3. The minimum absolute atomic E-state index is 0.714. The topological polar surface area (TPSA) is 38.9 Å². The van der Waals surface area contributed by atoms with Crippen LogP contribution in [0.3, 0.4) is 0 Å². The zero-order chi connectivity index (χ0) is 17.5. The van der Waals surface area contributed by atoms with Crippen molar-refractivity contribution >= 4 is 21.9 Å². The van der Waals surface area contributed by atoms with E-state index in [9.17, 15) is 0 Å². The molecule has 0 aliphatic carbocycles. The number of aryl methyl sites for hydroxylation is 1. The summed E-state index contributed by atoms with van der Waals surface area (Å²) in [5, 5.41) is 2.24. The molecule has 2 aromatic heterocycles. The van der Waals surface area contributed by atoms with Crippen LogP contribution in [0.15, 0.2) is 83.3 Å². The molecule has 0 bridgehead atoms. The summed E-state index contributed by atoms with van der Waals surface area (Å²) in [6.07, 6.45) is 0. The summed E-state index contributed by atoms with van der Waals surface area (Å²) in [6, 6.07) is 26.5. The average molecular weight is 336 g/mol. The van der Waals surface area contributed by atoms with Crippen LogP contribution in [0, 0.1) is 6.92 Å². The van der Waals surface area contributed by atoms with E-state index in [0.717, 1.165) is 44.5 Å². The molecule has 0 atom stereocenters. The van der Waals surface area contributed by atoms with Crippen molar-refractivity contribution in [3.05, 3.63) is 84.6 Å². The number of rotatable bonds is 2. The number of hydrogen-bond donors (Lipinski definition) is 0. The van der Waals surface area contributed by atoms with Crippen LogP contribution in [0.5, 0.6) is 0 Å². The van der Waals surface area contributed by atoms with Crippen LogP contribution in [0.4, 0.5) is 0 Å². The Hall–Kier alpha value is -3.46. The first kappa shape index (κ1) is 14.8. The van der Waals surface area contributed by atoms with Crippen LogP contribution in [-0.4, -0.2) is 9.97 Å². The van der Waals surface area contributed by atoms with E-state index in [1.165, 1.54) is 0 Å². The summed E-state index contributed by atoms with van der Waals surface area (Å²) in [5.41, 5.74) is 5.67. The summed E-state index contributed by atoms with van der Waals surface area (Å²) in [7, 11) is 0. The molecule has 3 nitrogen and oxygen atoms in total. The maximum atomic E-state index is 6.00. The van der Waals surface area contributed by atoms with Crippen molar-refractivity contribution in [3.8, 4) is 22.6 Å². The Morgan fingerprint density at radius 1 is 0.654 bits per heavy atom. The van der Waals surface area contributed by atoms with E-state index < -0.39 is 0 Å². The minimum Gasteiger partial charge on any atom is -0.456 e. The van der Waals surface area contributed by atoms with Gasteiger partial charge in [0.15, 0.2) is 5.82 Å². The average Bonchev–Trinajstić information content (AvgIpc) is 3.06. The molecule has 0 spiro atoms. The van der Waals surface area contributed by atoms with Crippen LogP contribution < -0.4 is 0 Å². The Kier molecular flexibility index (Phi) is 3.32. The molecule has 0 N–H and O–H groups in total. The van der Waals surface area contributed by atoms with Crippen LogP contribution in [-0.2, 0) is 0 Å². The highest BCUT2D eigenvalue weighted by Crippen LogP contribution is 2.31. The molecule has 0 fully saturated rings. The standard InChI is InChI=1S/C23H16N2O/c1-15-13-20(16-7-3-2-4-8-16)25-23(24-15)17-11-12-19-18-9-5-6-10-21(18)26-22(19)14-17/h2-14H,1H3. The summed E-state index contributed by atoms with van der Waals surface area (Å²) in [6.45, 7) is 2.00. The van der Waals surface area contributed by atoms with E-state index in [4.69, 9.17) is 9.40 Å². The first-order valence-corrected chi connectivity index (χ1v) is 8.61. The maximum absolute atomic E-state index is 6.00. The van der Waals surface area contributed by atoms with E-state index in [2.05, 4.69) is 35.3 Å². The largest absolute Gasteiger partial charge is 0.456 e. The fourth-order valence-electron chi connectivity index (χ4n) is 3.32. The number of aromatic nitrogens is 2. The van der Waals surface area contributed by atoms with E-state index in [-0.39, 0.29) is 0 Å². The molecular weight excluding hydrogens is 320 g/mol. The lowest BCUT2D eigenvalue weighted by Gasteiger charge is -2.06. The van der Waals surface area contributed by atoms with Gasteiger partial charge in [-0.05, 0) is 31.2 Å². The quantitative estimate of drug-likeness (QED) is 0.396. The predicted octanol–water partition coefficient (Wildman–Crippen LogP) is 6.02. The zero-order valence-electron chi connectivity index (χ0n) is 14.3.